The number of rotatable bonds is 3. The standard InChI is InChI=1S/C16H20N2O3S2/c1-16(2,3)8-4-5-9-10(6-8)23-14-12(9)13(21)17-15(18-14)22-7-11(19)20/h8H,4-7H2,1-3H3,(H,19,20)(H,17,18,21). The Kier molecular flexibility index (Phi) is 4.27. The van der Waals surface area contributed by atoms with E-state index in [2.05, 4.69) is 30.7 Å². The minimum Gasteiger partial charge on any atom is -0.481 e. The van der Waals surface area contributed by atoms with Gasteiger partial charge in [-0.3, -0.25) is 9.59 Å². The molecule has 1 aliphatic rings. The summed E-state index contributed by atoms with van der Waals surface area (Å²) in [7, 11) is 0. The van der Waals surface area contributed by atoms with Gasteiger partial charge in [0.05, 0.1) is 11.1 Å². The number of carbonyl (C=O) groups is 1. The number of aromatic amines is 1. The number of aliphatic carboxylic acids is 1. The lowest BCUT2D eigenvalue weighted by Gasteiger charge is -2.33. The van der Waals surface area contributed by atoms with Crippen molar-refractivity contribution in [2.75, 3.05) is 5.75 Å². The van der Waals surface area contributed by atoms with E-state index in [-0.39, 0.29) is 16.7 Å². The van der Waals surface area contributed by atoms with Crippen LogP contribution in [0, 0.1) is 11.3 Å². The lowest BCUT2D eigenvalue weighted by molar-refractivity contribution is -0.133. The summed E-state index contributed by atoms with van der Waals surface area (Å²) >= 11 is 2.64. The number of carboxylic acid groups (broad SMARTS) is 1. The molecule has 0 amide bonds. The normalized spacial score (nSPS) is 18.1. The first-order valence-corrected chi connectivity index (χ1v) is 9.45. The van der Waals surface area contributed by atoms with Crippen molar-refractivity contribution in [2.45, 2.75) is 45.2 Å². The van der Waals surface area contributed by atoms with Gasteiger partial charge in [-0.1, -0.05) is 32.5 Å². The SMILES string of the molecule is CC(C)(C)C1CCc2c(sc3nc(SCC(=O)O)[nH]c(=O)c23)C1. The second kappa shape index (κ2) is 5.94. The number of aryl methyl sites for hydroxylation is 1. The predicted octanol–water partition coefficient (Wildman–Crippen LogP) is 3.31. The number of nitrogens with one attached hydrogen (secondary N) is 1. The molecule has 0 radical (unpaired) electrons. The first-order chi connectivity index (χ1) is 10.8. The average Bonchev–Trinajstić information content (AvgIpc) is 2.81. The van der Waals surface area contributed by atoms with Gasteiger partial charge >= 0.3 is 5.97 Å². The maximum Gasteiger partial charge on any atom is 0.313 e. The quantitative estimate of drug-likeness (QED) is 0.654. The fourth-order valence-electron chi connectivity index (χ4n) is 3.10. The van der Waals surface area contributed by atoms with Crippen molar-refractivity contribution in [3.63, 3.8) is 0 Å². The molecule has 2 aromatic heterocycles. The van der Waals surface area contributed by atoms with Gasteiger partial charge in [0.25, 0.3) is 5.56 Å². The number of hydrogen-bond acceptors (Lipinski definition) is 5. The van der Waals surface area contributed by atoms with Crippen molar-refractivity contribution in [3.8, 4) is 0 Å². The van der Waals surface area contributed by atoms with Crippen molar-refractivity contribution in [2.24, 2.45) is 11.3 Å². The molecule has 0 saturated carbocycles. The van der Waals surface area contributed by atoms with Crippen LogP contribution in [0.15, 0.2) is 9.95 Å². The molecule has 2 N–H and O–H groups in total. The van der Waals surface area contributed by atoms with Crippen molar-refractivity contribution >= 4 is 39.3 Å². The van der Waals surface area contributed by atoms with Crippen LogP contribution >= 0.6 is 23.1 Å². The van der Waals surface area contributed by atoms with E-state index in [1.807, 2.05) is 0 Å². The average molecular weight is 352 g/mol. The van der Waals surface area contributed by atoms with E-state index < -0.39 is 5.97 Å². The Morgan fingerprint density at radius 1 is 1.48 bits per heavy atom. The lowest BCUT2D eigenvalue weighted by Crippen LogP contribution is -2.26. The number of hydrogen-bond donors (Lipinski definition) is 2. The van der Waals surface area contributed by atoms with Gasteiger partial charge in [0.15, 0.2) is 5.16 Å². The largest absolute Gasteiger partial charge is 0.481 e. The molecule has 0 spiro atoms. The van der Waals surface area contributed by atoms with Crippen molar-refractivity contribution in [1.29, 1.82) is 0 Å². The molecule has 0 bridgehead atoms. The smallest absolute Gasteiger partial charge is 0.313 e. The van der Waals surface area contributed by atoms with Gasteiger partial charge < -0.3 is 10.1 Å². The molecule has 23 heavy (non-hydrogen) atoms. The van der Waals surface area contributed by atoms with E-state index in [4.69, 9.17) is 5.11 Å². The molecular weight excluding hydrogens is 332 g/mol. The highest BCUT2D eigenvalue weighted by Crippen LogP contribution is 2.42. The second-order valence-corrected chi connectivity index (χ2v) is 9.09. The number of fused-ring (bicyclic) bond motifs is 3. The predicted molar refractivity (Wildman–Crippen MR) is 93.6 cm³/mol. The van der Waals surface area contributed by atoms with Gasteiger partial charge in [-0.2, -0.15) is 0 Å². The Labute approximate surface area is 142 Å². The molecule has 7 heteroatoms. The Bertz CT molecular complexity index is 817. The van der Waals surface area contributed by atoms with Crippen LogP contribution in [0.3, 0.4) is 0 Å². The van der Waals surface area contributed by atoms with Crippen molar-refractivity contribution in [3.05, 3.63) is 20.8 Å². The van der Waals surface area contributed by atoms with E-state index >= 15 is 0 Å². The lowest BCUT2D eigenvalue weighted by atomic mass is 9.72. The molecular formula is C16H20N2O3S2. The molecule has 2 aromatic rings. The Morgan fingerprint density at radius 2 is 2.22 bits per heavy atom. The van der Waals surface area contributed by atoms with E-state index in [0.717, 1.165) is 41.4 Å². The number of thioether (sulfide) groups is 1. The minimum absolute atomic E-state index is 0.106. The molecule has 0 saturated heterocycles. The first-order valence-electron chi connectivity index (χ1n) is 7.65. The fourth-order valence-corrected chi connectivity index (χ4v) is 5.04. The molecule has 124 valence electrons. The molecule has 1 aliphatic carbocycles. The van der Waals surface area contributed by atoms with Gasteiger partial charge in [0, 0.05) is 4.88 Å². The van der Waals surface area contributed by atoms with Gasteiger partial charge in [-0.15, -0.1) is 11.3 Å². The summed E-state index contributed by atoms with van der Waals surface area (Å²) in [6, 6.07) is 0. The van der Waals surface area contributed by atoms with Crippen LogP contribution in [0.1, 0.15) is 37.6 Å². The monoisotopic (exact) mass is 352 g/mol. The summed E-state index contributed by atoms with van der Waals surface area (Å²) in [6.45, 7) is 6.80. The van der Waals surface area contributed by atoms with Crippen LogP contribution < -0.4 is 5.56 Å². The number of H-pyrrole nitrogens is 1. The zero-order chi connectivity index (χ0) is 16.8. The molecule has 0 aliphatic heterocycles. The summed E-state index contributed by atoms with van der Waals surface area (Å²) < 4.78 is 0. The van der Waals surface area contributed by atoms with Crippen LogP contribution in [0.4, 0.5) is 0 Å². The minimum atomic E-state index is -0.920. The van der Waals surface area contributed by atoms with Crippen molar-refractivity contribution in [1.82, 2.24) is 9.97 Å². The van der Waals surface area contributed by atoms with E-state index in [0.29, 0.717) is 16.5 Å². The molecule has 3 rings (SSSR count). The number of carboxylic acids is 1. The van der Waals surface area contributed by atoms with Crippen molar-refractivity contribution < 1.29 is 9.90 Å². The van der Waals surface area contributed by atoms with Crippen LogP contribution in [-0.2, 0) is 17.6 Å². The zero-order valence-electron chi connectivity index (χ0n) is 13.4. The Hall–Kier alpha value is -1.34. The zero-order valence-corrected chi connectivity index (χ0v) is 15.1. The maximum absolute atomic E-state index is 12.4. The fraction of sp³-hybridized carbons (Fsp3) is 0.562. The molecule has 5 nitrogen and oxygen atoms in total. The van der Waals surface area contributed by atoms with E-state index in [9.17, 15) is 9.59 Å². The highest BCUT2D eigenvalue weighted by molar-refractivity contribution is 7.99. The topological polar surface area (TPSA) is 83.0 Å². The Morgan fingerprint density at radius 3 is 2.87 bits per heavy atom. The summed E-state index contributed by atoms with van der Waals surface area (Å²) in [5.41, 5.74) is 1.26. The summed E-state index contributed by atoms with van der Waals surface area (Å²) in [6.07, 6.45) is 3.01. The second-order valence-electron chi connectivity index (χ2n) is 7.04. The van der Waals surface area contributed by atoms with Gasteiger partial charge in [-0.25, -0.2) is 4.98 Å². The third-order valence-corrected chi connectivity index (χ3v) is 6.46. The van der Waals surface area contributed by atoms with Gasteiger partial charge in [-0.05, 0) is 36.2 Å². The maximum atomic E-state index is 12.4. The van der Waals surface area contributed by atoms with Crippen LogP contribution in [0.25, 0.3) is 10.2 Å². The molecule has 1 unspecified atom stereocenters. The summed E-state index contributed by atoms with van der Waals surface area (Å²) in [4.78, 5) is 32.3. The highest BCUT2D eigenvalue weighted by Gasteiger charge is 2.31. The van der Waals surface area contributed by atoms with Gasteiger partial charge in [0.1, 0.15) is 4.83 Å². The number of aromatic nitrogens is 2. The molecule has 0 fully saturated rings. The number of thiophene rings is 1. The van der Waals surface area contributed by atoms with E-state index in [1.165, 1.54) is 4.88 Å². The third kappa shape index (κ3) is 3.30. The van der Waals surface area contributed by atoms with Crippen LogP contribution in [-0.4, -0.2) is 26.8 Å². The van der Waals surface area contributed by atoms with E-state index in [1.54, 1.807) is 11.3 Å². The van der Waals surface area contributed by atoms with Gasteiger partial charge in [0.2, 0.25) is 0 Å². The summed E-state index contributed by atoms with van der Waals surface area (Å²) in [5.74, 6) is -0.412. The number of nitrogens with zero attached hydrogens (tertiary/aromatic N) is 1. The summed E-state index contributed by atoms with van der Waals surface area (Å²) in [5, 5.41) is 9.85. The van der Waals surface area contributed by atoms with Crippen LogP contribution in [0.2, 0.25) is 0 Å². The first kappa shape index (κ1) is 16.5. The van der Waals surface area contributed by atoms with Crippen LogP contribution in [0.5, 0.6) is 0 Å². The third-order valence-electron chi connectivity index (χ3n) is 4.45. The Balaban J connectivity index is 1.98. The highest BCUT2D eigenvalue weighted by atomic mass is 32.2. The molecule has 2 heterocycles. The molecule has 1 atom stereocenters. The molecule has 0 aromatic carbocycles.